The summed E-state index contributed by atoms with van der Waals surface area (Å²) in [6, 6.07) is 6.03. The maximum Gasteiger partial charge on any atom is 0.124 e. The Labute approximate surface area is 121 Å². The van der Waals surface area contributed by atoms with Gasteiger partial charge in [0.25, 0.3) is 0 Å². The average Bonchev–Trinajstić information content (AvgIpc) is 3.31. The van der Waals surface area contributed by atoms with Crippen LogP contribution in [0.4, 0.5) is 0 Å². The Morgan fingerprint density at radius 1 is 1.25 bits per heavy atom. The molecule has 1 aromatic rings. The fraction of sp³-hybridized carbons (Fsp3) is 0.625. The van der Waals surface area contributed by atoms with Crippen LogP contribution in [0.1, 0.15) is 31.4 Å². The van der Waals surface area contributed by atoms with E-state index in [1.165, 1.54) is 12.8 Å². The van der Waals surface area contributed by atoms with Gasteiger partial charge in [-0.2, -0.15) is 0 Å². The fourth-order valence-corrected chi connectivity index (χ4v) is 2.70. The number of hydrogen-bond donors (Lipinski definition) is 1. The second kappa shape index (κ2) is 6.95. The van der Waals surface area contributed by atoms with Crippen LogP contribution in [0.15, 0.2) is 18.2 Å². The number of rotatable bonds is 8. The Hall–Kier alpha value is -1.26. The van der Waals surface area contributed by atoms with Gasteiger partial charge in [0, 0.05) is 12.2 Å². The van der Waals surface area contributed by atoms with E-state index in [1.807, 2.05) is 32.2 Å². The monoisotopic (exact) mass is 279 g/mol. The Kier molecular flexibility index (Phi) is 5.26. The molecule has 0 heterocycles. The minimum Gasteiger partial charge on any atom is -0.497 e. The molecule has 1 N–H and O–H groups in total. The summed E-state index contributed by atoms with van der Waals surface area (Å²) in [5, 5.41) is 3.39. The minimum absolute atomic E-state index is 0.118. The summed E-state index contributed by atoms with van der Waals surface area (Å²) in [4.78, 5) is 0. The first-order chi connectivity index (χ1) is 9.74. The molecule has 1 aliphatic carbocycles. The number of methoxy groups -OCH3 is 2. The molecular weight excluding hydrogens is 254 g/mol. The summed E-state index contributed by atoms with van der Waals surface area (Å²) >= 11 is 0. The highest BCUT2D eigenvalue weighted by Crippen LogP contribution is 2.42. The van der Waals surface area contributed by atoms with Crippen molar-refractivity contribution in [1.82, 2.24) is 5.32 Å². The second-order valence-corrected chi connectivity index (χ2v) is 5.13. The lowest BCUT2D eigenvalue weighted by molar-refractivity contribution is 0.0199. The van der Waals surface area contributed by atoms with Gasteiger partial charge in [-0.1, -0.05) is 0 Å². The normalized spacial score (nSPS) is 17.6. The molecule has 4 heteroatoms. The topological polar surface area (TPSA) is 39.7 Å². The van der Waals surface area contributed by atoms with Gasteiger partial charge in [-0.25, -0.2) is 0 Å². The molecule has 0 amide bonds. The molecule has 0 bridgehead atoms. The molecule has 1 aliphatic rings. The maximum atomic E-state index is 5.99. The third kappa shape index (κ3) is 3.25. The largest absolute Gasteiger partial charge is 0.497 e. The van der Waals surface area contributed by atoms with E-state index >= 15 is 0 Å². The molecule has 4 nitrogen and oxygen atoms in total. The predicted molar refractivity (Wildman–Crippen MR) is 79.5 cm³/mol. The number of likely N-dealkylation sites (N-methyl/N-ethyl adjacent to an activating group) is 1. The molecule has 20 heavy (non-hydrogen) atoms. The number of benzene rings is 1. The fourth-order valence-electron chi connectivity index (χ4n) is 2.70. The molecule has 0 aromatic heterocycles. The average molecular weight is 279 g/mol. The van der Waals surface area contributed by atoms with Gasteiger partial charge in [0.1, 0.15) is 11.5 Å². The van der Waals surface area contributed by atoms with Crippen molar-refractivity contribution in [3.63, 3.8) is 0 Å². The SMILES string of the molecule is CCOC(C1CC1)C(NC)c1cc(OC)ccc1OC. The molecule has 0 saturated heterocycles. The molecule has 1 aromatic carbocycles. The summed E-state index contributed by atoms with van der Waals surface area (Å²) in [6.07, 6.45) is 2.68. The summed E-state index contributed by atoms with van der Waals surface area (Å²) < 4.78 is 16.8. The first-order valence-corrected chi connectivity index (χ1v) is 7.25. The van der Waals surface area contributed by atoms with E-state index in [1.54, 1.807) is 14.2 Å². The molecule has 0 spiro atoms. The molecule has 0 radical (unpaired) electrons. The van der Waals surface area contributed by atoms with Crippen LogP contribution in [0, 0.1) is 5.92 Å². The van der Waals surface area contributed by atoms with Gasteiger partial charge in [-0.05, 0) is 50.9 Å². The second-order valence-electron chi connectivity index (χ2n) is 5.13. The van der Waals surface area contributed by atoms with Crippen molar-refractivity contribution in [3.8, 4) is 11.5 Å². The third-order valence-electron chi connectivity index (χ3n) is 3.86. The standard InChI is InChI=1S/C16H25NO3/c1-5-20-16(11-6-7-11)15(17-2)13-10-12(18-3)8-9-14(13)19-4/h8-11,15-17H,5-7H2,1-4H3. The Bertz CT molecular complexity index is 432. The zero-order chi connectivity index (χ0) is 14.5. The summed E-state index contributed by atoms with van der Waals surface area (Å²) in [7, 11) is 5.35. The smallest absolute Gasteiger partial charge is 0.124 e. The van der Waals surface area contributed by atoms with Crippen molar-refractivity contribution in [3.05, 3.63) is 23.8 Å². The molecule has 2 atom stereocenters. The van der Waals surface area contributed by atoms with Crippen molar-refractivity contribution in [2.75, 3.05) is 27.9 Å². The lowest BCUT2D eigenvalue weighted by atomic mass is 9.97. The number of hydrogen-bond acceptors (Lipinski definition) is 4. The van der Waals surface area contributed by atoms with Gasteiger partial charge in [0.2, 0.25) is 0 Å². The number of ether oxygens (including phenoxy) is 3. The first-order valence-electron chi connectivity index (χ1n) is 7.25. The van der Waals surface area contributed by atoms with Crippen molar-refractivity contribution in [1.29, 1.82) is 0 Å². The van der Waals surface area contributed by atoms with Gasteiger partial charge in [-0.15, -0.1) is 0 Å². The van der Waals surface area contributed by atoms with Crippen LogP contribution in [0.3, 0.4) is 0 Å². The van der Waals surface area contributed by atoms with Gasteiger partial charge in [0.15, 0.2) is 0 Å². The number of nitrogens with one attached hydrogen (secondary N) is 1. The van der Waals surface area contributed by atoms with Gasteiger partial charge >= 0.3 is 0 Å². The Morgan fingerprint density at radius 3 is 2.50 bits per heavy atom. The molecule has 1 saturated carbocycles. The van der Waals surface area contributed by atoms with Crippen molar-refractivity contribution >= 4 is 0 Å². The quantitative estimate of drug-likeness (QED) is 0.794. The van der Waals surface area contributed by atoms with E-state index in [9.17, 15) is 0 Å². The predicted octanol–water partition coefficient (Wildman–Crippen LogP) is 2.78. The van der Waals surface area contributed by atoms with Gasteiger partial charge in [-0.3, -0.25) is 0 Å². The van der Waals surface area contributed by atoms with Crippen LogP contribution in [0.2, 0.25) is 0 Å². The van der Waals surface area contributed by atoms with E-state index in [2.05, 4.69) is 5.32 Å². The summed E-state index contributed by atoms with van der Waals surface area (Å²) in [5.74, 6) is 2.35. The maximum absolute atomic E-state index is 5.99. The van der Waals surface area contributed by atoms with Crippen LogP contribution in [0.25, 0.3) is 0 Å². The van der Waals surface area contributed by atoms with E-state index in [4.69, 9.17) is 14.2 Å². The van der Waals surface area contributed by atoms with E-state index in [-0.39, 0.29) is 12.1 Å². The van der Waals surface area contributed by atoms with E-state index in [0.717, 1.165) is 23.7 Å². The van der Waals surface area contributed by atoms with Crippen LogP contribution in [0.5, 0.6) is 11.5 Å². The van der Waals surface area contributed by atoms with E-state index in [0.29, 0.717) is 5.92 Å². The van der Waals surface area contributed by atoms with Crippen molar-refractivity contribution in [2.45, 2.75) is 31.9 Å². The van der Waals surface area contributed by atoms with Crippen molar-refractivity contribution in [2.24, 2.45) is 5.92 Å². The van der Waals surface area contributed by atoms with Gasteiger partial charge in [0.05, 0.1) is 26.4 Å². The van der Waals surface area contributed by atoms with E-state index < -0.39 is 0 Å². The van der Waals surface area contributed by atoms with Crippen LogP contribution >= 0.6 is 0 Å². The molecule has 112 valence electrons. The lowest BCUT2D eigenvalue weighted by Gasteiger charge is -2.28. The van der Waals surface area contributed by atoms with Crippen LogP contribution < -0.4 is 14.8 Å². The van der Waals surface area contributed by atoms with Crippen LogP contribution in [-0.4, -0.2) is 34.0 Å². The zero-order valence-corrected chi connectivity index (χ0v) is 12.8. The summed E-state index contributed by atoms with van der Waals surface area (Å²) in [6.45, 7) is 2.77. The summed E-state index contributed by atoms with van der Waals surface area (Å²) in [5.41, 5.74) is 1.10. The Balaban J connectivity index is 2.33. The molecular formula is C16H25NO3. The first kappa shape index (κ1) is 15.1. The minimum atomic E-state index is 0.118. The highest BCUT2D eigenvalue weighted by molar-refractivity contribution is 5.43. The molecule has 1 fully saturated rings. The van der Waals surface area contributed by atoms with Crippen LogP contribution in [-0.2, 0) is 4.74 Å². The Morgan fingerprint density at radius 2 is 2.00 bits per heavy atom. The molecule has 0 aliphatic heterocycles. The lowest BCUT2D eigenvalue weighted by Crippen LogP contribution is -2.33. The highest BCUT2D eigenvalue weighted by Gasteiger charge is 2.38. The zero-order valence-electron chi connectivity index (χ0n) is 12.8. The van der Waals surface area contributed by atoms with Crippen molar-refractivity contribution < 1.29 is 14.2 Å². The van der Waals surface area contributed by atoms with Gasteiger partial charge < -0.3 is 19.5 Å². The molecule has 2 unspecified atom stereocenters. The molecule has 2 rings (SSSR count). The third-order valence-corrected chi connectivity index (χ3v) is 3.86. The highest BCUT2D eigenvalue weighted by atomic mass is 16.5.